The lowest BCUT2D eigenvalue weighted by Crippen LogP contribution is -2.05. The van der Waals surface area contributed by atoms with Crippen molar-refractivity contribution in [1.29, 1.82) is 0 Å². The highest BCUT2D eigenvalue weighted by molar-refractivity contribution is 7.11. The molecule has 20 heavy (non-hydrogen) atoms. The predicted octanol–water partition coefficient (Wildman–Crippen LogP) is 3.31. The molecule has 0 fully saturated rings. The fourth-order valence-electron chi connectivity index (χ4n) is 1.96. The second kappa shape index (κ2) is 6.72. The van der Waals surface area contributed by atoms with Crippen LogP contribution in [-0.2, 0) is 13.0 Å². The minimum Gasteiger partial charge on any atom is -0.493 e. The Morgan fingerprint density at radius 1 is 1.30 bits per heavy atom. The van der Waals surface area contributed by atoms with Crippen LogP contribution in [-0.4, -0.2) is 12.1 Å². The zero-order valence-electron chi connectivity index (χ0n) is 12.1. The van der Waals surface area contributed by atoms with Gasteiger partial charge < -0.3 is 15.2 Å². The van der Waals surface area contributed by atoms with Gasteiger partial charge in [0, 0.05) is 10.9 Å². The van der Waals surface area contributed by atoms with Crippen molar-refractivity contribution in [2.45, 2.75) is 32.9 Å². The van der Waals surface area contributed by atoms with Crippen LogP contribution in [0, 0.1) is 0 Å². The molecule has 108 valence electrons. The quantitative estimate of drug-likeness (QED) is 0.887. The van der Waals surface area contributed by atoms with Gasteiger partial charge in [-0.15, -0.1) is 11.3 Å². The van der Waals surface area contributed by atoms with Gasteiger partial charge in [-0.3, -0.25) is 0 Å². The summed E-state index contributed by atoms with van der Waals surface area (Å²) in [5, 5.41) is 0.944. The molecule has 0 saturated carbocycles. The Kier molecular flexibility index (Phi) is 4.98. The summed E-state index contributed by atoms with van der Waals surface area (Å²) < 4.78 is 11.0. The maximum Gasteiger partial charge on any atom is 0.161 e. The largest absolute Gasteiger partial charge is 0.493 e. The van der Waals surface area contributed by atoms with Crippen molar-refractivity contribution in [2.75, 3.05) is 7.11 Å². The van der Waals surface area contributed by atoms with E-state index in [1.54, 1.807) is 18.4 Å². The summed E-state index contributed by atoms with van der Waals surface area (Å²) in [6.07, 6.45) is 0.891. The van der Waals surface area contributed by atoms with E-state index in [9.17, 15) is 0 Å². The standard InChI is InChI=1S/C15H20N2O2S/c1-4-11-15(10(2)16)20-14(17-11)9-19-13-8-6-5-7-12(13)18-3/h5-8,10H,4,9,16H2,1-3H3. The molecule has 5 heteroatoms. The predicted molar refractivity (Wildman–Crippen MR) is 81.4 cm³/mol. The third kappa shape index (κ3) is 3.29. The van der Waals surface area contributed by atoms with Crippen molar-refractivity contribution in [3.8, 4) is 11.5 Å². The summed E-state index contributed by atoms with van der Waals surface area (Å²) in [4.78, 5) is 5.74. The monoisotopic (exact) mass is 292 g/mol. The van der Waals surface area contributed by atoms with E-state index in [4.69, 9.17) is 15.2 Å². The molecule has 1 aromatic carbocycles. The van der Waals surface area contributed by atoms with Gasteiger partial charge >= 0.3 is 0 Å². The molecule has 0 aliphatic carbocycles. The van der Waals surface area contributed by atoms with Crippen LogP contribution in [0.15, 0.2) is 24.3 Å². The van der Waals surface area contributed by atoms with Gasteiger partial charge in [-0.05, 0) is 25.5 Å². The SMILES string of the molecule is CCc1nc(COc2ccccc2OC)sc1C(C)N. The van der Waals surface area contributed by atoms with E-state index >= 15 is 0 Å². The average molecular weight is 292 g/mol. The van der Waals surface area contributed by atoms with Crippen molar-refractivity contribution in [3.05, 3.63) is 39.8 Å². The molecule has 1 unspecified atom stereocenters. The number of ether oxygens (including phenoxy) is 2. The number of methoxy groups -OCH3 is 1. The molecule has 2 aromatic rings. The smallest absolute Gasteiger partial charge is 0.161 e. The van der Waals surface area contributed by atoms with E-state index in [1.807, 2.05) is 31.2 Å². The second-order valence-corrected chi connectivity index (χ2v) is 5.62. The van der Waals surface area contributed by atoms with Crippen LogP contribution >= 0.6 is 11.3 Å². The van der Waals surface area contributed by atoms with E-state index in [1.165, 1.54) is 0 Å². The second-order valence-electron chi connectivity index (χ2n) is 4.50. The van der Waals surface area contributed by atoms with Gasteiger partial charge in [-0.1, -0.05) is 19.1 Å². The van der Waals surface area contributed by atoms with Crippen molar-refractivity contribution in [3.63, 3.8) is 0 Å². The van der Waals surface area contributed by atoms with Crippen molar-refractivity contribution < 1.29 is 9.47 Å². The van der Waals surface area contributed by atoms with Crippen molar-refractivity contribution in [1.82, 2.24) is 4.98 Å². The molecule has 0 aliphatic rings. The van der Waals surface area contributed by atoms with Crippen LogP contribution in [0.1, 0.15) is 35.5 Å². The number of hydrogen-bond acceptors (Lipinski definition) is 5. The lowest BCUT2D eigenvalue weighted by atomic mass is 10.2. The Morgan fingerprint density at radius 3 is 2.55 bits per heavy atom. The van der Waals surface area contributed by atoms with Gasteiger partial charge in [0.05, 0.1) is 12.8 Å². The molecule has 1 atom stereocenters. The Balaban J connectivity index is 2.11. The maximum atomic E-state index is 5.97. The van der Waals surface area contributed by atoms with E-state index in [-0.39, 0.29) is 6.04 Å². The fourth-order valence-corrected chi connectivity index (χ4v) is 2.98. The van der Waals surface area contributed by atoms with E-state index < -0.39 is 0 Å². The topological polar surface area (TPSA) is 57.4 Å². The third-order valence-electron chi connectivity index (χ3n) is 2.94. The highest BCUT2D eigenvalue weighted by atomic mass is 32.1. The first kappa shape index (κ1) is 14.8. The first-order chi connectivity index (χ1) is 9.65. The lowest BCUT2D eigenvalue weighted by Gasteiger charge is -2.08. The molecule has 2 rings (SSSR count). The molecule has 0 spiro atoms. The van der Waals surface area contributed by atoms with Gasteiger partial charge in [-0.2, -0.15) is 0 Å². The number of thiazole rings is 1. The molecule has 1 aromatic heterocycles. The van der Waals surface area contributed by atoms with Crippen LogP contribution in [0.4, 0.5) is 0 Å². The zero-order chi connectivity index (χ0) is 14.5. The van der Waals surface area contributed by atoms with Crippen LogP contribution < -0.4 is 15.2 Å². The highest BCUT2D eigenvalue weighted by Crippen LogP contribution is 2.29. The minimum atomic E-state index is 0.0162. The number of rotatable bonds is 6. The van der Waals surface area contributed by atoms with E-state index in [2.05, 4.69) is 11.9 Å². The Hall–Kier alpha value is -1.59. The molecule has 4 nitrogen and oxygen atoms in total. The number of aryl methyl sites for hydroxylation is 1. The molecule has 0 bridgehead atoms. The molecule has 2 N–H and O–H groups in total. The number of nitrogens with two attached hydrogens (primary N) is 1. The van der Waals surface area contributed by atoms with Crippen LogP contribution in [0.25, 0.3) is 0 Å². The van der Waals surface area contributed by atoms with Crippen molar-refractivity contribution in [2.24, 2.45) is 5.73 Å². The van der Waals surface area contributed by atoms with Gasteiger partial charge in [0.15, 0.2) is 11.5 Å². The summed E-state index contributed by atoms with van der Waals surface area (Å²) in [6.45, 7) is 4.51. The Labute approximate surface area is 123 Å². The molecule has 0 aliphatic heterocycles. The highest BCUT2D eigenvalue weighted by Gasteiger charge is 2.14. The summed E-state index contributed by atoms with van der Waals surface area (Å²) in [5.74, 6) is 1.46. The zero-order valence-corrected chi connectivity index (χ0v) is 12.9. The average Bonchev–Trinajstić information content (AvgIpc) is 2.89. The molecular formula is C15H20N2O2S. The van der Waals surface area contributed by atoms with Gasteiger partial charge in [0.25, 0.3) is 0 Å². The van der Waals surface area contributed by atoms with E-state index in [0.717, 1.165) is 33.5 Å². The third-order valence-corrected chi connectivity index (χ3v) is 4.21. The maximum absolute atomic E-state index is 5.97. The molecule has 0 amide bonds. The van der Waals surface area contributed by atoms with Crippen LogP contribution in [0.2, 0.25) is 0 Å². The number of aromatic nitrogens is 1. The molecule has 0 saturated heterocycles. The first-order valence-corrected chi connectivity index (χ1v) is 7.47. The number of hydrogen-bond donors (Lipinski definition) is 1. The summed E-state index contributed by atoms with van der Waals surface area (Å²) in [5.41, 5.74) is 7.04. The van der Waals surface area contributed by atoms with Gasteiger partial charge in [-0.25, -0.2) is 4.98 Å². The first-order valence-electron chi connectivity index (χ1n) is 6.65. The lowest BCUT2D eigenvalue weighted by molar-refractivity contribution is 0.284. The normalized spacial score (nSPS) is 12.2. The number of benzene rings is 1. The fraction of sp³-hybridized carbons (Fsp3) is 0.400. The summed E-state index contributed by atoms with van der Waals surface area (Å²) in [6, 6.07) is 7.62. The van der Waals surface area contributed by atoms with Crippen molar-refractivity contribution >= 4 is 11.3 Å². The number of para-hydroxylation sites is 2. The number of nitrogens with zero attached hydrogens (tertiary/aromatic N) is 1. The summed E-state index contributed by atoms with van der Waals surface area (Å²) in [7, 11) is 1.63. The van der Waals surface area contributed by atoms with Gasteiger partial charge in [0.2, 0.25) is 0 Å². The van der Waals surface area contributed by atoms with Gasteiger partial charge in [0.1, 0.15) is 11.6 Å². The summed E-state index contributed by atoms with van der Waals surface area (Å²) >= 11 is 1.62. The van der Waals surface area contributed by atoms with Crippen LogP contribution in [0.3, 0.4) is 0 Å². The molecule has 0 radical (unpaired) electrons. The minimum absolute atomic E-state index is 0.0162. The molecular weight excluding hydrogens is 272 g/mol. The Morgan fingerprint density at radius 2 is 2.00 bits per heavy atom. The molecule has 1 heterocycles. The Bertz CT molecular complexity index is 567. The van der Waals surface area contributed by atoms with E-state index in [0.29, 0.717) is 6.61 Å². The van der Waals surface area contributed by atoms with Crippen LogP contribution in [0.5, 0.6) is 11.5 Å².